The van der Waals surface area contributed by atoms with Gasteiger partial charge in [0.15, 0.2) is 6.61 Å². The monoisotopic (exact) mass is 387 g/mol. The number of ether oxygens (including phenoxy) is 1. The Labute approximate surface area is 163 Å². The molecule has 28 heavy (non-hydrogen) atoms. The number of esters is 1. The van der Waals surface area contributed by atoms with E-state index in [0.29, 0.717) is 25.9 Å². The van der Waals surface area contributed by atoms with E-state index in [1.807, 2.05) is 30.3 Å². The predicted molar refractivity (Wildman–Crippen MR) is 100 cm³/mol. The number of hydrogen-bond donors (Lipinski definition) is 2. The number of likely N-dealkylation sites (tertiary alicyclic amines) is 1. The van der Waals surface area contributed by atoms with Crippen LogP contribution in [-0.4, -0.2) is 54.5 Å². The number of rotatable bonds is 5. The molecule has 1 saturated heterocycles. The van der Waals surface area contributed by atoms with Crippen LogP contribution in [-0.2, 0) is 24.5 Å². The summed E-state index contributed by atoms with van der Waals surface area (Å²) in [6.45, 7) is 1.86. The zero-order chi connectivity index (χ0) is 20.1. The van der Waals surface area contributed by atoms with Gasteiger partial charge in [0.05, 0.1) is 5.41 Å². The summed E-state index contributed by atoms with van der Waals surface area (Å²) in [5.74, 6) is -1.22. The molecule has 1 heterocycles. The van der Waals surface area contributed by atoms with Crippen LogP contribution in [0.3, 0.4) is 0 Å². The van der Waals surface area contributed by atoms with E-state index in [9.17, 15) is 19.2 Å². The van der Waals surface area contributed by atoms with E-state index >= 15 is 0 Å². The highest BCUT2D eigenvalue weighted by Gasteiger charge is 2.45. The van der Waals surface area contributed by atoms with E-state index in [0.717, 1.165) is 18.4 Å². The maximum atomic E-state index is 13.0. The van der Waals surface area contributed by atoms with E-state index in [4.69, 9.17) is 4.74 Å². The van der Waals surface area contributed by atoms with Crippen LogP contribution in [0.15, 0.2) is 30.3 Å². The van der Waals surface area contributed by atoms with Gasteiger partial charge < -0.3 is 15.0 Å². The fourth-order valence-corrected chi connectivity index (χ4v) is 3.45. The number of amides is 4. The van der Waals surface area contributed by atoms with Crippen LogP contribution in [0.5, 0.6) is 0 Å². The van der Waals surface area contributed by atoms with Gasteiger partial charge in [0.1, 0.15) is 0 Å². The molecule has 1 aliphatic carbocycles. The van der Waals surface area contributed by atoms with Gasteiger partial charge in [-0.2, -0.15) is 0 Å². The predicted octanol–water partition coefficient (Wildman–Crippen LogP) is 1.10. The third kappa shape index (κ3) is 4.68. The summed E-state index contributed by atoms with van der Waals surface area (Å²) >= 11 is 0. The maximum Gasteiger partial charge on any atom is 0.321 e. The Hall–Kier alpha value is -2.90. The number of carbonyl (C=O) groups excluding carboxylic acids is 4. The number of nitrogens with one attached hydrogen (secondary N) is 2. The van der Waals surface area contributed by atoms with Crippen LogP contribution in [0.1, 0.15) is 38.2 Å². The molecule has 0 atom stereocenters. The molecule has 150 valence electrons. The normalized spacial score (nSPS) is 18.1. The van der Waals surface area contributed by atoms with Gasteiger partial charge in [-0.05, 0) is 31.2 Å². The first kappa shape index (κ1) is 19.9. The smallest absolute Gasteiger partial charge is 0.321 e. The lowest BCUT2D eigenvalue weighted by molar-refractivity contribution is -0.157. The Bertz CT molecular complexity index is 752. The first-order valence-corrected chi connectivity index (χ1v) is 9.49. The lowest BCUT2D eigenvalue weighted by atomic mass is 9.72. The van der Waals surface area contributed by atoms with Gasteiger partial charge in [-0.3, -0.25) is 19.7 Å². The molecular formula is C20H25N3O5. The highest BCUT2D eigenvalue weighted by molar-refractivity contribution is 5.96. The van der Waals surface area contributed by atoms with E-state index in [-0.39, 0.29) is 11.9 Å². The number of hydrogen-bond acceptors (Lipinski definition) is 5. The van der Waals surface area contributed by atoms with E-state index in [2.05, 4.69) is 10.6 Å². The number of piperidine rings is 1. The average Bonchev–Trinajstić information content (AvgIpc) is 3.50. The number of benzene rings is 1. The molecule has 2 fully saturated rings. The van der Waals surface area contributed by atoms with E-state index in [1.165, 1.54) is 6.92 Å². The molecule has 0 aromatic heterocycles. The summed E-state index contributed by atoms with van der Waals surface area (Å²) in [5, 5.41) is 4.80. The molecule has 0 spiro atoms. The molecule has 1 aliphatic heterocycles. The van der Waals surface area contributed by atoms with Crippen molar-refractivity contribution in [3.8, 4) is 0 Å². The summed E-state index contributed by atoms with van der Waals surface area (Å²) < 4.78 is 5.28. The standard InChI is InChI=1S/C20H25N3O5/c1-14(24)23-11-9-20(10-12-23,15-5-3-2-4-6-15)18(26)28-13-17(25)22-19(27)21-16-7-8-16/h2-6,16H,7-13H2,1H3,(H2,21,22,25,27). The Morgan fingerprint density at radius 1 is 1.11 bits per heavy atom. The van der Waals surface area contributed by atoms with Crippen molar-refractivity contribution < 1.29 is 23.9 Å². The van der Waals surface area contributed by atoms with Gasteiger partial charge in [-0.15, -0.1) is 0 Å². The number of nitrogens with zero attached hydrogens (tertiary/aromatic N) is 1. The largest absolute Gasteiger partial charge is 0.455 e. The molecule has 8 heteroatoms. The first-order chi connectivity index (χ1) is 13.4. The second-order valence-corrected chi connectivity index (χ2v) is 7.33. The minimum Gasteiger partial charge on any atom is -0.455 e. The summed E-state index contributed by atoms with van der Waals surface area (Å²) in [6, 6.07) is 8.81. The summed E-state index contributed by atoms with van der Waals surface area (Å²) in [7, 11) is 0. The van der Waals surface area contributed by atoms with E-state index < -0.39 is 29.9 Å². The van der Waals surface area contributed by atoms with Crippen LogP contribution in [0, 0.1) is 0 Å². The lowest BCUT2D eigenvalue weighted by Gasteiger charge is -2.40. The first-order valence-electron chi connectivity index (χ1n) is 9.49. The SMILES string of the molecule is CC(=O)N1CCC(C(=O)OCC(=O)NC(=O)NC2CC2)(c2ccccc2)CC1. The van der Waals surface area contributed by atoms with Crippen molar-refractivity contribution in [1.29, 1.82) is 0 Å². The molecule has 8 nitrogen and oxygen atoms in total. The highest BCUT2D eigenvalue weighted by atomic mass is 16.5. The van der Waals surface area contributed by atoms with Gasteiger partial charge in [0, 0.05) is 26.1 Å². The van der Waals surface area contributed by atoms with Gasteiger partial charge in [-0.25, -0.2) is 4.79 Å². The molecule has 4 amide bonds. The number of imide groups is 1. The van der Waals surface area contributed by atoms with Crippen LogP contribution < -0.4 is 10.6 Å². The average molecular weight is 387 g/mol. The Kier molecular flexibility index (Phi) is 5.96. The van der Waals surface area contributed by atoms with Crippen LogP contribution in [0.25, 0.3) is 0 Å². The van der Waals surface area contributed by atoms with Crippen molar-refractivity contribution >= 4 is 23.8 Å². The van der Waals surface area contributed by atoms with Crippen molar-refractivity contribution in [2.75, 3.05) is 19.7 Å². The van der Waals surface area contributed by atoms with Crippen LogP contribution in [0.4, 0.5) is 4.79 Å². The maximum absolute atomic E-state index is 13.0. The van der Waals surface area contributed by atoms with Crippen molar-refractivity contribution in [2.24, 2.45) is 0 Å². The van der Waals surface area contributed by atoms with Crippen molar-refractivity contribution in [1.82, 2.24) is 15.5 Å². The zero-order valence-electron chi connectivity index (χ0n) is 15.9. The van der Waals surface area contributed by atoms with Crippen LogP contribution >= 0.6 is 0 Å². The molecule has 2 N–H and O–H groups in total. The summed E-state index contributed by atoms with van der Waals surface area (Å²) in [4.78, 5) is 49.8. The van der Waals surface area contributed by atoms with E-state index in [1.54, 1.807) is 4.90 Å². The van der Waals surface area contributed by atoms with Crippen LogP contribution in [0.2, 0.25) is 0 Å². The quantitative estimate of drug-likeness (QED) is 0.736. The Morgan fingerprint density at radius 2 is 1.75 bits per heavy atom. The van der Waals surface area contributed by atoms with Crippen molar-refractivity contribution in [3.63, 3.8) is 0 Å². The number of urea groups is 1. The fourth-order valence-electron chi connectivity index (χ4n) is 3.45. The van der Waals surface area contributed by atoms with Gasteiger partial charge >= 0.3 is 12.0 Å². The second-order valence-electron chi connectivity index (χ2n) is 7.33. The summed E-state index contributed by atoms with van der Waals surface area (Å²) in [5.41, 5.74) is -0.112. The molecule has 3 rings (SSSR count). The molecule has 1 saturated carbocycles. The molecular weight excluding hydrogens is 362 g/mol. The Balaban J connectivity index is 1.63. The highest BCUT2D eigenvalue weighted by Crippen LogP contribution is 2.37. The second kappa shape index (κ2) is 8.41. The molecule has 0 radical (unpaired) electrons. The lowest BCUT2D eigenvalue weighted by Crippen LogP contribution is -2.50. The number of carbonyl (C=O) groups is 4. The molecule has 0 unspecified atom stereocenters. The van der Waals surface area contributed by atoms with Gasteiger partial charge in [0.25, 0.3) is 5.91 Å². The third-order valence-electron chi connectivity index (χ3n) is 5.28. The molecule has 0 bridgehead atoms. The Morgan fingerprint density at radius 3 is 2.32 bits per heavy atom. The van der Waals surface area contributed by atoms with Gasteiger partial charge in [-0.1, -0.05) is 30.3 Å². The van der Waals surface area contributed by atoms with Crippen molar-refractivity contribution in [3.05, 3.63) is 35.9 Å². The zero-order valence-corrected chi connectivity index (χ0v) is 15.9. The minimum absolute atomic E-state index is 0.0314. The third-order valence-corrected chi connectivity index (χ3v) is 5.28. The van der Waals surface area contributed by atoms with Gasteiger partial charge in [0.2, 0.25) is 5.91 Å². The topological polar surface area (TPSA) is 105 Å². The molecule has 1 aromatic carbocycles. The fraction of sp³-hybridized carbons (Fsp3) is 0.500. The van der Waals surface area contributed by atoms with Crippen molar-refractivity contribution in [2.45, 2.75) is 44.1 Å². The summed E-state index contributed by atoms with van der Waals surface area (Å²) in [6.07, 6.45) is 2.65. The molecule has 2 aliphatic rings. The molecule has 1 aromatic rings. The minimum atomic E-state index is -0.913.